The number of imidazole rings is 1. The Morgan fingerprint density at radius 1 is 1.21 bits per heavy atom. The zero-order chi connectivity index (χ0) is 36.1. The summed E-state index contributed by atoms with van der Waals surface area (Å²) in [6, 6.07) is 9.02. The van der Waals surface area contributed by atoms with Crippen LogP contribution in [0.1, 0.15) is 33.4 Å². The van der Waals surface area contributed by atoms with Crippen LogP contribution in [0.25, 0.3) is 11.2 Å². The van der Waals surface area contributed by atoms with Crippen molar-refractivity contribution < 1.29 is 67.0 Å². The van der Waals surface area contributed by atoms with Crippen LogP contribution < -0.4 is 15.3 Å². The molecular formula is C28H33FN5O13P. The number of aliphatic carboxylic acids is 2. The third-order valence-electron chi connectivity index (χ3n) is 5.93. The number of carboxylic acid groups (broad SMARTS) is 2. The Bertz CT molecular complexity index is 1680. The summed E-state index contributed by atoms with van der Waals surface area (Å²) in [4.78, 5) is 56.6. The molecule has 0 saturated carbocycles. The average Bonchev–Trinajstić information content (AvgIpc) is 3.60. The van der Waals surface area contributed by atoms with Gasteiger partial charge >= 0.3 is 31.6 Å². The van der Waals surface area contributed by atoms with E-state index < -0.39 is 68.2 Å². The van der Waals surface area contributed by atoms with Gasteiger partial charge in [-0.2, -0.15) is 9.59 Å². The summed E-state index contributed by atoms with van der Waals surface area (Å²) >= 11 is 0. The van der Waals surface area contributed by atoms with Gasteiger partial charge in [-0.25, -0.2) is 24.2 Å². The first-order chi connectivity index (χ1) is 22.6. The Labute approximate surface area is 271 Å². The van der Waals surface area contributed by atoms with Gasteiger partial charge in [-0.05, 0) is 39.0 Å². The van der Waals surface area contributed by atoms with E-state index in [1.807, 2.05) is 0 Å². The SMILES string of the molecule is CC(O)(CC(=O)O)C(=O)O.CCOC(=O)[C@H](C)N[P@](=O)(CO[C@@H]1C=C(F)[C@H](n2cnc3c(N)ccnc32)O1)Oc1ccccc1.O=C=O. The third kappa shape index (κ3) is 11.3. The lowest BCUT2D eigenvalue weighted by atomic mass is 10.0. The molecule has 3 heterocycles. The summed E-state index contributed by atoms with van der Waals surface area (Å²) in [6.07, 6.45) is 0.496. The van der Waals surface area contributed by atoms with Crippen LogP contribution in [0.4, 0.5) is 10.1 Å². The molecule has 0 aliphatic carbocycles. The van der Waals surface area contributed by atoms with E-state index in [2.05, 4.69) is 15.1 Å². The first-order valence-corrected chi connectivity index (χ1v) is 15.5. The largest absolute Gasteiger partial charge is 0.481 e. The van der Waals surface area contributed by atoms with Crippen LogP contribution in [-0.4, -0.2) is 84.8 Å². The van der Waals surface area contributed by atoms with Crippen LogP contribution in [0.3, 0.4) is 0 Å². The summed E-state index contributed by atoms with van der Waals surface area (Å²) in [5, 5.41) is 27.7. The molecule has 0 spiro atoms. The standard InChI is InChI=1S/C22H25FN5O6P.C5H8O5.CO2/c1-3-31-22(29)14(2)27-35(30,34-15-7-5-4-6-8-15)13-32-18-11-16(23)21(33-18)28-12-26-19-17(24)9-10-25-20(19)28;1-5(10,4(8)9)2-3(6)7;2-1-3/h4-12,14,18,21H,3,13H2,1-2H3,(H2,24,25)(H,27,30);10H,2H2,1H3,(H,6,7)(H,8,9);/t14-,18-,21+,35-;;/m0../s1. The molecule has 0 fully saturated rings. The van der Waals surface area contributed by atoms with Gasteiger partial charge < -0.3 is 39.8 Å². The number of aromatic nitrogens is 3. The zero-order valence-electron chi connectivity index (χ0n) is 25.7. The predicted molar refractivity (Wildman–Crippen MR) is 160 cm³/mol. The number of fused-ring (bicyclic) bond motifs is 1. The second-order valence-electron chi connectivity index (χ2n) is 9.84. The zero-order valence-corrected chi connectivity index (χ0v) is 26.6. The number of hydrogen-bond donors (Lipinski definition) is 5. The molecule has 1 unspecified atom stereocenters. The maximum Gasteiger partial charge on any atom is 0.373 e. The number of nitrogens with zero attached hydrogens (tertiary/aromatic N) is 3. The number of esters is 1. The Kier molecular flexibility index (Phi) is 14.5. The predicted octanol–water partition coefficient (Wildman–Crippen LogP) is 2.22. The van der Waals surface area contributed by atoms with Gasteiger partial charge in [0.15, 0.2) is 35.9 Å². The number of pyridine rings is 1. The lowest BCUT2D eigenvalue weighted by Crippen LogP contribution is -2.37. The fourth-order valence-electron chi connectivity index (χ4n) is 3.75. The summed E-state index contributed by atoms with van der Waals surface area (Å²) < 4.78 is 51.6. The minimum absolute atomic E-state index is 0.163. The Hall–Kier alpha value is -5.03. The summed E-state index contributed by atoms with van der Waals surface area (Å²) in [6.45, 7) is 4.25. The van der Waals surface area contributed by atoms with E-state index in [0.29, 0.717) is 22.6 Å². The average molecular weight is 698 g/mol. The van der Waals surface area contributed by atoms with E-state index in [4.69, 9.17) is 49.4 Å². The number of aliphatic hydroxyl groups is 1. The fraction of sp³-hybridized carbons (Fsp3) is 0.357. The van der Waals surface area contributed by atoms with E-state index in [-0.39, 0.29) is 12.8 Å². The van der Waals surface area contributed by atoms with Crippen molar-refractivity contribution in [2.45, 2.75) is 51.4 Å². The summed E-state index contributed by atoms with van der Waals surface area (Å²) in [5.74, 6) is -3.83. The molecule has 4 rings (SSSR count). The van der Waals surface area contributed by atoms with E-state index in [1.54, 1.807) is 43.3 Å². The molecule has 20 heteroatoms. The van der Waals surface area contributed by atoms with Crippen molar-refractivity contribution in [3.63, 3.8) is 0 Å². The van der Waals surface area contributed by atoms with Crippen LogP contribution in [0, 0.1) is 0 Å². The van der Waals surface area contributed by atoms with Crippen molar-refractivity contribution in [2.75, 3.05) is 18.7 Å². The van der Waals surface area contributed by atoms with Gasteiger partial charge in [-0.15, -0.1) is 0 Å². The first kappa shape index (κ1) is 39.1. The van der Waals surface area contributed by atoms with Crippen molar-refractivity contribution in [1.82, 2.24) is 19.6 Å². The highest BCUT2D eigenvalue weighted by Gasteiger charge is 2.36. The number of benzene rings is 1. The maximum absolute atomic E-state index is 14.8. The number of carbonyl (C=O) groups is 3. The molecule has 0 amide bonds. The molecule has 3 aromatic rings. The van der Waals surface area contributed by atoms with Gasteiger partial charge in [-0.1, -0.05) is 18.2 Å². The smallest absolute Gasteiger partial charge is 0.373 e. The minimum atomic E-state index is -3.83. The van der Waals surface area contributed by atoms with Crippen LogP contribution in [0.15, 0.2) is 60.8 Å². The highest BCUT2D eigenvalue weighted by molar-refractivity contribution is 7.57. The van der Waals surface area contributed by atoms with Crippen molar-refractivity contribution in [3.8, 4) is 5.75 Å². The summed E-state index contributed by atoms with van der Waals surface area (Å²) in [5.41, 5.74) is 4.87. The Morgan fingerprint density at radius 3 is 2.42 bits per heavy atom. The van der Waals surface area contributed by atoms with Crippen molar-refractivity contribution in [2.24, 2.45) is 0 Å². The Balaban J connectivity index is 0.000000523. The van der Waals surface area contributed by atoms with Crippen LogP contribution in [-0.2, 0) is 42.7 Å². The third-order valence-corrected chi connectivity index (χ3v) is 7.71. The molecule has 0 saturated heterocycles. The number of nitrogens with one attached hydrogen (secondary N) is 1. The quantitative estimate of drug-likeness (QED) is 0.126. The number of nitrogens with two attached hydrogens (primary N) is 1. The molecule has 1 aliphatic rings. The van der Waals surface area contributed by atoms with E-state index in [9.17, 15) is 23.3 Å². The number of anilines is 1. The van der Waals surface area contributed by atoms with Gasteiger partial charge in [0.25, 0.3) is 0 Å². The highest BCUT2D eigenvalue weighted by Crippen LogP contribution is 2.45. The highest BCUT2D eigenvalue weighted by atomic mass is 31.2. The molecule has 260 valence electrons. The minimum Gasteiger partial charge on any atom is -0.481 e. The topological polar surface area (TPSA) is 269 Å². The lowest BCUT2D eigenvalue weighted by Gasteiger charge is -2.24. The molecule has 0 radical (unpaired) electrons. The molecule has 1 aromatic carbocycles. The monoisotopic (exact) mass is 697 g/mol. The van der Waals surface area contributed by atoms with Crippen LogP contribution in [0.2, 0.25) is 0 Å². The number of ether oxygens (including phenoxy) is 3. The molecule has 5 atom stereocenters. The van der Waals surface area contributed by atoms with E-state index in [0.717, 1.165) is 13.0 Å². The van der Waals surface area contributed by atoms with Crippen molar-refractivity contribution in [3.05, 3.63) is 60.8 Å². The molecule has 48 heavy (non-hydrogen) atoms. The van der Waals surface area contributed by atoms with Gasteiger partial charge in [0.1, 0.15) is 17.3 Å². The number of carboxylic acids is 2. The van der Waals surface area contributed by atoms with Crippen LogP contribution >= 0.6 is 7.52 Å². The number of carbonyl (C=O) groups excluding carboxylic acids is 3. The van der Waals surface area contributed by atoms with Gasteiger partial charge in [0.2, 0.25) is 0 Å². The lowest BCUT2D eigenvalue weighted by molar-refractivity contribution is -0.191. The van der Waals surface area contributed by atoms with Gasteiger partial charge in [-0.3, -0.25) is 18.7 Å². The number of hydrogen-bond acceptors (Lipinski definition) is 14. The second-order valence-corrected chi connectivity index (χ2v) is 11.9. The van der Waals surface area contributed by atoms with Gasteiger partial charge in [0, 0.05) is 12.3 Å². The molecule has 0 bridgehead atoms. The molecule has 1 aliphatic heterocycles. The van der Waals surface area contributed by atoms with Gasteiger partial charge in [0.05, 0.1) is 25.0 Å². The molecule has 6 N–H and O–H groups in total. The fourth-order valence-corrected chi connectivity index (χ4v) is 5.43. The second kappa shape index (κ2) is 17.8. The first-order valence-electron chi connectivity index (χ1n) is 13.7. The van der Waals surface area contributed by atoms with Crippen LogP contribution in [0.5, 0.6) is 5.75 Å². The van der Waals surface area contributed by atoms with E-state index in [1.165, 1.54) is 24.0 Å². The molecule has 18 nitrogen and oxygen atoms in total. The summed E-state index contributed by atoms with van der Waals surface area (Å²) in [7, 11) is -3.83. The van der Waals surface area contributed by atoms with Crippen molar-refractivity contribution in [1.29, 1.82) is 0 Å². The number of rotatable bonds is 13. The molecular weight excluding hydrogens is 664 g/mol. The Morgan fingerprint density at radius 2 is 1.85 bits per heavy atom. The number of para-hydroxylation sites is 1. The molecule has 2 aromatic heterocycles. The van der Waals surface area contributed by atoms with E-state index >= 15 is 0 Å². The van der Waals surface area contributed by atoms with Crippen molar-refractivity contribution >= 4 is 48.4 Å². The number of halogens is 1. The maximum atomic E-state index is 14.8. The normalized spacial score (nSPS) is 18.2. The number of nitrogen functional groups attached to an aromatic ring is 1.